The molecular weight excluding hydrogens is 295 g/mol. The smallest absolute Gasteiger partial charge is 0.338 e. The van der Waals surface area contributed by atoms with E-state index in [9.17, 15) is 4.79 Å². The Morgan fingerprint density at radius 2 is 2.36 bits per heavy atom. The van der Waals surface area contributed by atoms with E-state index in [4.69, 9.17) is 0 Å². The van der Waals surface area contributed by atoms with E-state index in [0.29, 0.717) is 5.56 Å². The fourth-order valence-corrected chi connectivity index (χ4v) is 1.92. The first-order valence-corrected chi connectivity index (χ1v) is 5.01. The highest BCUT2D eigenvalue weighted by Gasteiger charge is 2.12. The summed E-state index contributed by atoms with van der Waals surface area (Å²) in [5.41, 5.74) is 1.39. The van der Waals surface area contributed by atoms with Crippen LogP contribution < -0.4 is 0 Å². The van der Waals surface area contributed by atoms with Crippen molar-refractivity contribution in [1.82, 2.24) is 10.2 Å². The first kappa shape index (κ1) is 9.45. The van der Waals surface area contributed by atoms with Gasteiger partial charge in [-0.05, 0) is 34.7 Å². The van der Waals surface area contributed by atoms with Gasteiger partial charge in [0.2, 0.25) is 0 Å². The molecule has 0 saturated heterocycles. The molecule has 2 rings (SSSR count). The Balaban J connectivity index is 2.72. The second-order valence-electron chi connectivity index (χ2n) is 2.78. The lowest BCUT2D eigenvalue weighted by Gasteiger charge is -2.01. The maximum absolute atomic E-state index is 11.4. The van der Waals surface area contributed by atoms with Crippen molar-refractivity contribution < 1.29 is 9.53 Å². The van der Waals surface area contributed by atoms with Gasteiger partial charge in [-0.15, -0.1) is 0 Å². The van der Waals surface area contributed by atoms with E-state index in [2.05, 4.69) is 37.5 Å². The number of nitrogens with one attached hydrogen (secondary N) is 1. The number of aromatic amines is 1. The normalized spacial score (nSPS) is 10.4. The molecule has 72 valence electrons. The summed E-state index contributed by atoms with van der Waals surface area (Å²) in [7, 11) is 1.37. The van der Waals surface area contributed by atoms with Crippen LogP contribution in [0, 0.1) is 3.57 Å². The van der Waals surface area contributed by atoms with Gasteiger partial charge in [-0.2, -0.15) is 5.10 Å². The van der Waals surface area contributed by atoms with Crippen LogP contribution in [0.2, 0.25) is 0 Å². The Morgan fingerprint density at radius 3 is 3.07 bits per heavy atom. The van der Waals surface area contributed by atoms with Crippen molar-refractivity contribution in [3.63, 3.8) is 0 Å². The van der Waals surface area contributed by atoms with Crippen LogP contribution in [0.4, 0.5) is 0 Å². The molecule has 1 heterocycles. The van der Waals surface area contributed by atoms with Crippen molar-refractivity contribution in [3.8, 4) is 0 Å². The number of aromatic nitrogens is 2. The molecule has 14 heavy (non-hydrogen) atoms. The van der Waals surface area contributed by atoms with Crippen LogP contribution in [0.1, 0.15) is 10.4 Å². The van der Waals surface area contributed by atoms with Gasteiger partial charge in [0.25, 0.3) is 0 Å². The molecule has 1 aromatic carbocycles. The molecule has 1 N–H and O–H groups in total. The lowest BCUT2D eigenvalue weighted by atomic mass is 10.1. The summed E-state index contributed by atoms with van der Waals surface area (Å²) in [6.07, 6.45) is 1.62. The standard InChI is InChI=1S/C9H7IN2O2/c1-14-9(13)6-2-5(10)3-8-7(6)4-11-12-8/h2-4H,1H3,(H,11,12). The van der Waals surface area contributed by atoms with Crippen LogP contribution in [-0.4, -0.2) is 23.3 Å². The number of carbonyl (C=O) groups excluding carboxylic acids is 1. The second kappa shape index (κ2) is 3.56. The van der Waals surface area contributed by atoms with Gasteiger partial charge in [0.15, 0.2) is 0 Å². The van der Waals surface area contributed by atoms with Gasteiger partial charge in [-0.3, -0.25) is 5.10 Å². The van der Waals surface area contributed by atoms with Crippen molar-refractivity contribution >= 4 is 39.5 Å². The predicted molar refractivity (Wildman–Crippen MR) is 60.2 cm³/mol. The molecule has 4 nitrogen and oxygen atoms in total. The number of benzene rings is 1. The van der Waals surface area contributed by atoms with Gasteiger partial charge in [0, 0.05) is 8.96 Å². The molecule has 0 aliphatic rings. The molecule has 2 aromatic rings. The number of rotatable bonds is 1. The van der Waals surface area contributed by atoms with E-state index < -0.39 is 0 Å². The van der Waals surface area contributed by atoms with E-state index in [1.165, 1.54) is 7.11 Å². The molecule has 0 radical (unpaired) electrons. The first-order valence-electron chi connectivity index (χ1n) is 3.93. The van der Waals surface area contributed by atoms with E-state index in [1.54, 1.807) is 12.3 Å². The zero-order chi connectivity index (χ0) is 10.1. The highest BCUT2D eigenvalue weighted by Crippen LogP contribution is 2.20. The van der Waals surface area contributed by atoms with Gasteiger partial charge in [-0.25, -0.2) is 4.79 Å². The van der Waals surface area contributed by atoms with Crippen molar-refractivity contribution in [2.24, 2.45) is 0 Å². The Hall–Kier alpha value is -1.11. The number of hydrogen-bond donors (Lipinski definition) is 1. The summed E-state index contributed by atoms with van der Waals surface area (Å²) in [5.74, 6) is -0.338. The number of methoxy groups -OCH3 is 1. The van der Waals surface area contributed by atoms with Crippen molar-refractivity contribution in [2.45, 2.75) is 0 Å². The molecule has 0 spiro atoms. The minimum atomic E-state index is -0.338. The van der Waals surface area contributed by atoms with Crippen molar-refractivity contribution in [3.05, 3.63) is 27.5 Å². The average Bonchev–Trinajstić information content (AvgIpc) is 2.62. The van der Waals surface area contributed by atoms with Crippen molar-refractivity contribution in [1.29, 1.82) is 0 Å². The van der Waals surface area contributed by atoms with Crippen molar-refractivity contribution in [2.75, 3.05) is 7.11 Å². The van der Waals surface area contributed by atoms with E-state index in [0.717, 1.165) is 14.5 Å². The minimum absolute atomic E-state index is 0.338. The lowest BCUT2D eigenvalue weighted by molar-refractivity contribution is 0.0603. The largest absolute Gasteiger partial charge is 0.465 e. The number of nitrogens with zero attached hydrogens (tertiary/aromatic N) is 1. The Bertz CT molecular complexity index is 493. The van der Waals surface area contributed by atoms with Crippen LogP contribution in [0.5, 0.6) is 0 Å². The van der Waals surface area contributed by atoms with Gasteiger partial charge in [0.05, 0.1) is 24.4 Å². The number of esters is 1. The number of carbonyl (C=O) groups is 1. The van der Waals surface area contributed by atoms with Crippen LogP contribution >= 0.6 is 22.6 Å². The molecule has 0 aliphatic heterocycles. The summed E-state index contributed by atoms with van der Waals surface area (Å²) in [6, 6.07) is 3.71. The molecule has 0 aliphatic carbocycles. The molecular formula is C9H7IN2O2. The van der Waals surface area contributed by atoms with Gasteiger partial charge in [-0.1, -0.05) is 0 Å². The highest BCUT2D eigenvalue weighted by molar-refractivity contribution is 14.1. The summed E-state index contributed by atoms with van der Waals surface area (Å²) in [6.45, 7) is 0. The summed E-state index contributed by atoms with van der Waals surface area (Å²) in [5, 5.41) is 7.49. The molecule has 0 saturated carbocycles. The molecule has 0 amide bonds. The maximum atomic E-state index is 11.4. The fraction of sp³-hybridized carbons (Fsp3) is 0.111. The predicted octanol–water partition coefficient (Wildman–Crippen LogP) is 1.95. The van der Waals surface area contributed by atoms with Crippen LogP contribution in [-0.2, 0) is 4.74 Å². The van der Waals surface area contributed by atoms with E-state index in [-0.39, 0.29) is 5.97 Å². The van der Waals surface area contributed by atoms with E-state index in [1.807, 2.05) is 6.07 Å². The second-order valence-corrected chi connectivity index (χ2v) is 4.02. The van der Waals surface area contributed by atoms with Gasteiger partial charge < -0.3 is 4.74 Å². The number of halogens is 1. The number of ether oxygens (including phenoxy) is 1. The summed E-state index contributed by atoms with van der Waals surface area (Å²) >= 11 is 2.15. The van der Waals surface area contributed by atoms with Crippen LogP contribution in [0.3, 0.4) is 0 Å². The van der Waals surface area contributed by atoms with Gasteiger partial charge >= 0.3 is 5.97 Å². The molecule has 0 fully saturated rings. The van der Waals surface area contributed by atoms with Crippen LogP contribution in [0.25, 0.3) is 10.9 Å². The SMILES string of the molecule is COC(=O)c1cc(I)cc2[nH]ncc12. The number of fused-ring (bicyclic) bond motifs is 1. The van der Waals surface area contributed by atoms with Crippen LogP contribution in [0.15, 0.2) is 18.3 Å². The average molecular weight is 302 g/mol. The maximum Gasteiger partial charge on any atom is 0.338 e. The molecule has 0 bridgehead atoms. The third kappa shape index (κ3) is 1.47. The summed E-state index contributed by atoms with van der Waals surface area (Å²) in [4.78, 5) is 11.4. The number of hydrogen-bond acceptors (Lipinski definition) is 3. The molecule has 0 unspecified atom stereocenters. The highest BCUT2D eigenvalue weighted by atomic mass is 127. The van der Waals surface area contributed by atoms with E-state index >= 15 is 0 Å². The fourth-order valence-electron chi connectivity index (χ4n) is 1.29. The molecule has 5 heteroatoms. The molecule has 1 aromatic heterocycles. The van der Waals surface area contributed by atoms with Gasteiger partial charge in [0.1, 0.15) is 0 Å². The molecule has 0 atom stereocenters. The zero-order valence-corrected chi connectivity index (χ0v) is 9.53. The zero-order valence-electron chi connectivity index (χ0n) is 7.37. The number of H-pyrrole nitrogens is 1. The Morgan fingerprint density at radius 1 is 1.57 bits per heavy atom. The minimum Gasteiger partial charge on any atom is -0.465 e. The monoisotopic (exact) mass is 302 g/mol. The Labute approximate surface area is 93.8 Å². The third-order valence-electron chi connectivity index (χ3n) is 1.93. The quantitative estimate of drug-likeness (QED) is 0.647. The third-order valence-corrected chi connectivity index (χ3v) is 2.55. The first-order chi connectivity index (χ1) is 6.72. The Kier molecular flexibility index (Phi) is 2.40. The lowest BCUT2D eigenvalue weighted by Crippen LogP contribution is -2.01. The summed E-state index contributed by atoms with van der Waals surface area (Å²) < 4.78 is 5.66. The topological polar surface area (TPSA) is 55.0 Å².